The normalized spacial score (nSPS) is 14.8. The molecule has 0 unspecified atom stereocenters. The summed E-state index contributed by atoms with van der Waals surface area (Å²) in [5.41, 5.74) is 8.55. The summed E-state index contributed by atoms with van der Waals surface area (Å²) in [5, 5.41) is 8.73. The topological polar surface area (TPSA) is 0 Å². The Morgan fingerprint density at radius 1 is 0.554 bits per heavy atom. The second-order valence-electron chi connectivity index (χ2n) is 18.3. The summed E-state index contributed by atoms with van der Waals surface area (Å²) in [4.78, 5) is 0. The molecule has 6 aromatic carbocycles. The van der Waals surface area contributed by atoms with Crippen LogP contribution >= 0.6 is 17.0 Å². The number of rotatable bonds is 8. The van der Waals surface area contributed by atoms with Gasteiger partial charge in [-0.05, 0) is 35.8 Å². The third kappa shape index (κ3) is 12.6. The fourth-order valence-electron chi connectivity index (χ4n) is 8.73. The Morgan fingerprint density at radius 2 is 0.875 bits per heavy atom. The molecule has 0 saturated heterocycles. The van der Waals surface area contributed by atoms with Crippen molar-refractivity contribution in [2.24, 2.45) is 11.8 Å². The Hall–Kier alpha value is -1.79. The van der Waals surface area contributed by atoms with E-state index < -0.39 is 37.0 Å². The monoisotopic (exact) mass is 908 g/mol. The maximum atomic E-state index is 4.93. The van der Waals surface area contributed by atoms with E-state index in [1.807, 2.05) is 0 Å². The molecule has 2 aliphatic carbocycles. The van der Waals surface area contributed by atoms with Crippen molar-refractivity contribution in [3.8, 4) is 22.3 Å². The number of hydrogen-bond donors (Lipinski definition) is 0. The molecule has 0 nitrogen and oxygen atoms in total. The maximum absolute atomic E-state index is 4.93. The molecule has 2 radical (unpaired) electrons. The SMILES string of the molecule is C[Si](C)(C)c1ccc(-c2cccc3[cH-]c(CC4CCCC4)cc23)cc1.C[Si](C)(C)c1ccc(-c2cccc3[cH-]c(CC4CCCC4)cc23)cc1.C[Si]C.[Cl][Zr+2][Cl]. The molecule has 56 heavy (non-hydrogen) atoms. The van der Waals surface area contributed by atoms with Crippen molar-refractivity contribution in [3.05, 3.63) is 120 Å². The predicted octanol–water partition coefficient (Wildman–Crippen LogP) is 15.2. The molecule has 8 rings (SSSR count). The molecule has 2 fully saturated rings. The van der Waals surface area contributed by atoms with Crippen molar-refractivity contribution in [2.45, 2.75) is 117 Å². The van der Waals surface area contributed by atoms with E-state index in [4.69, 9.17) is 17.0 Å². The molecule has 0 aromatic heterocycles. The molecular formula is C50H64Cl2Si3Zr. The van der Waals surface area contributed by atoms with Crippen LogP contribution in [0.1, 0.15) is 62.5 Å². The second kappa shape index (κ2) is 21.5. The van der Waals surface area contributed by atoms with E-state index in [1.165, 1.54) is 130 Å². The van der Waals surface area contributed by atoms with Crippen molar-refractivity contribution in [2.75, 3.05) is 0 Å². The van der Waals surface area contributed by atoms with Gasteiger partial charge in [0.25, 0.3) is 0 Å². The standard InChI is InChI=1S/2C24H29Si.C2H6Si.2ClH.Zr/c2*1-25(2,3)22-13-11-20(12-14-22)23-10-6-9-21-16-19(17-24(21)23)15-18-7-4-5-8-18;1-3-2;;;/h2*6,9-14,16-18H,4-5,7-8,15H2,1-3H3;1-2H3;2*1H;/q2*-1;;;;+4/p-2. The van der Waals surface area contributed by atoms with Gasteiger partial charge in [0, 0.05) is 9.52 Å². The minimum absolute atomic E-state index is 0.826. The second-order valence-corrected chi connectivity index (χ2v) is 33.2. The Bertz CT molecular complexity index is 1920. The summed E-state index contributed by atoms with van der Waals surface area (Å²) in [6.45, 7) is 18.8. The van der Waals surface area contributed by atoms with Crippen LogP contribution in [0.15, 0.2) is 109 Å². The first kappa shape index (κ1) is 45.3. The zero-order valence-corrected chi connectivity index (χ0v) is 42.3. The van der Waals surface area contributed by atoms with Gasteiger partial charge in [-0.3, -0.25) is 0 Å². The van der Waals surface area contributed by atoms with E-state index in [9.17, 15) is 0 Å². The summed E-state index contributed by atoms with van der Waals surface area (Å²) < 4.78 is 0. The molecule has 6 heteroatoms. The molecule has 0 amide bonds. The van der Waals surface area contributed by atoms with Crippen molar-refractivity contribution >= 4 is 74.6 Å². The zero-order valence-electron chi connectivity index (χ0n) is 35.4. The zero-order chi connectivity index (χ0) is 40.3. The first-order chi connectivity index (χ1) is 26.8. The summed E-state index contributed by atoms with van der Waals surface area (Å²) in [6.07, 6.45) is 13.9. The van der Waals surface area contributed by atoms with E-state index >= 15 is 0 Å². The fraction of sp³-hybridized carbons (Fsp3) is 0.400. The molecule has 0 spiro atoms. The minimum atomic E-state index is -1.23. The Labute approximate surface area is 363 Å². The van der Waals surface area contributed by atoms with Gasteiger partial charge in [0.15, 0.2) is 0 Å². The molecule has 0 N–H and O–H groups in total. The van der Waals surface area contributed by atoms with Crippen LogP contribution in [-0.2, 0) is 33.7 Å². The number of hydrogen-bond acceptors (Lipinski definition) is 0. The average molecular weight is 911 g/mol. The van der Waals surface area contributed by atoms with Crippen LogP contribution in [-0.4, -0.2) is 25.7 Å². The molecule has 2 saturated carbocycles. The number of benzene rings is 4. The van der Waals surface area contributed by atoms with Gasteiger partial charge in [0.1, 0.15) is 0 Å². The van der Waals surface area contributed by atoms with E-state index in [1.54, 1.807) is 0 Å². The third-order valence-corrected chi connectivity index (χ3v) is 15.9. The molecule has 294 valence electrons. The summed E-state index contributed by atoms with van der Waals surface area (Å²) in [5.74, 6) is 1.83. The van der Waals surface area contributed by atoms with Gasteiger partial charge < -0.3 is 0 Å². The molecule has 0 heterocycles. The van der Waals surface area contributed by atoms with Gasteiger partial charge in [0.05, 0.1) is 16.1 Å². The third-order valence-electron chi connectivity index (χ3n) is 11.7. The van der Waals surface area contributed by atoms with Crippen LogP contribution in [0.2, 0.25) is 52.4 Å². The Morgan fingerprint density at radius 3 is 1.18 bits per heavy atom. The quantitative estimate of drug-likeness (QED) is 0.105. The Balaban J connectivity index is 0.000000188. The van der Waals surface area contributed by atoms with Gasteiger partial charge >= 0.3 is 37.9 Å². The van der Waals surface area contributed by atoms with Crippen molar-refractivity contribution in [3.63, 3.8) is 0 Å². The first-order valence-electron chi connectivity index (χ1n) is 21.0. The predicted molar refractivity (Wildman–Crippen MR) is 256 cm³/mol. The molecule has 0 aliphatic heterocycles. The summed E-state index contributed by atoms with van der Waals surface area (Å²) in [7, 11) is 8.50. The van der Waals surface area contributed by atoms with Crippen molar-refractivity contribution < 1.29 is 20.8 Å². The van der Waals surface area contributed by atoms with Crippen LogP contribution < -0.4 is 10.4 Å². The van der Waals surface area contributed by atoms with Crippen LogP contribution in [0, 0.1) is 11.8 Å². The van der Waals surface area contributed by atoms with Crippen molar-refractivity contribution in [1.29, 1.82) is 0 Å². The molecule has 6 aromatic rings. The molecule has 0 bridgehead atoms. The fourth-order valence-corrected chi connectivity index (χ4v) is 11.1. The summed E-state index contributed by atoms with van der Waals surface area (Å²) >= 11 is -0.826. The first-order valence-corrected chi connectivity index (χ1v) is 36.3. The van der Waals surface area contributed by atoms with Gasteiger partial charge in [0.2, 0.25) is 0 Å². The Kier molecular flexibility index (Phi) is 17.4. The van der Waals surface area contributed by atoms with Gasteiger partial charge in [-0.2, -0.15) is 12.1 Å². The number of fused-ring (bicyclic) bond motifs is 2. The van der Waals surface area contributed by atoms with E-state index in [-0.39, 0.29) is 0 Å². The summed E-state index contributed by atoms with van der Waals surface area (Å²) in [6, 6.07) is 42.0. The van der Waals surface area contributed by atoms with E-state index in [0.717, 1.165) is 21.4 Å². The average Bonchev–Trinajstić information content (AvgIpc) is 4.00. The van der Waals surface area contributed by atoms with E-state index in [2.05, 4.69) is 162 Å². The van der Waals surface area contributed by atoms with Gasteiger partial charge in [-0.25, -0.2) is 0 Å². The molecular weight excluding hydrogens is 847 g/mol. The van der Waals surface area contributed by atoms with E-state index in [0.29, 0.717) is 0 Å². The molecule has 0 atom stereocenters. The van der Waals surface area contributed by atoms with Crippen LogP contribution in [0.3, 0.4) is 0 Å². The van der Waals surface area contributed by atoms with Crippen LogP contribution in [0.25, 0.3) is 43.8 Å². The number of halogens is 2. The van der Waals surface area contributed by atoms with Crippen molar-refractivity contribution in [1.82, 2.24) is 0 Å². The van der Waals surface area contributed by atoms with Crippen LogP contribution in [0.4, 0.5) is 0 Å². The molecule has 2 aliphatic rings. The van der Waals surface area contributed by atoms with Gasteiger partial charge in [-0.1, -0.05) is 186 Å². The van der Waals surface area contributed by atoms with Crippen LogP contribution in [0.5, 0.6) is 0 Å². The van der Waals surface area contributed by atoms with Gasteiger partial charge in [-0.15, -0.1) is 69.1 Å².